The molecule has 0 radical (unpaired) electrons. The van der Waals surface area contributed by atoms with E-state index in [0.717, 1.165) is 46.2 Å². The van der Waals surface area contributed by atoms with E-state index in [4.69, 9.17) is 9.57 Å². The zero-order chi connectivity index (χ0) is 57.4. The van der Waals surface area contributed by atoms with Crippen molar-refractivity contribution >= 4 is 43.9 Å². The Morgan fingerprint density at radius 1 is 0.582 bits per heavy atom. The molecule has 79 heavy (non-hydrogen) atoms. The van der Waals surface area contributed by atoms with Crippen molar-refractivity contribution in [3.05, 3.63) is 108 Å². The highest BCUT2D eigenvalue weighted by molar-refractivity contribution is 7.94. The summed E-state index contributed by atoms with van der Waals surface area (Å²) < 4.78 is 132. The monoisotopic (exact) mass is 1170 g/mol. The second-order valence-corrected chi connectivity index (χ2v) is 27.0. The Kier molecular flexibility index (Phi) is 21.9. The summed E-state index contributed by atoms with van der Waals surface area (Å²) in [7, 11) is -8.25. The first-order valence-electron chi connectivity index (χ1n) is 26.4. The number of carbonyl (C=O) groups excluding carboxylic acids is 2. The van der Waals surface area contributed by atoms with E-state index >= 15 is 0 Å². The molecule has 0 aromatic heterocycles. The summed E-state index contributed by atoms with van der Waals surface area (Å²) in [5.41, 5.74) is 8.34. The Balaban J connectivity index is 0.000000290. The highest BCUT2D eigenvalue weighted by Crippen LogP contribution is 2.40. The average molecular weight is 1170 g/mol. The molecule has 0 spiro atoms. The zero-order valence-electron chi connectivity index (χ0n) is 45.6. The number of ether oxygens (including phenoxy) is 1. The molecule has 1 atom stereocenters. The topological polar surface area (TPSA) is 172 Å². The van der Waals surface area contributed by atoms with Crippen molar-refractivity contribution in [2.75, 3.05) is 32.8 Å². The van der Waals surface area contributed by atoms with Gasteiger partial charge >= 0.3 is 12.4 Å². The van der Waals surface area contributed by atoms with Gasteiger partial charge in [0.15, 0.2) is 35.5 Å². The fourth-order valence-electron chi connectivity index (χ4n) is 10.2. The first kappa shape index (κ1) is 65.2. The van der Waals surface area contributed by atoms with Gasteiger partial charge in [0.25, 0.3) is 11.8 Å². The van der Waals surface area contributed by atoms with Gasteiger partial charge in [0.05, 0.1) is 9.79 Å². The number of rotatable bonds is 16. The minimum Gasteiger partial charge on any atom is -0.350 e. The minimum atomic E-state index is -4.16. The van der Waals surface area contributed by atoms with Crippen molar-refractivity contribution < 1.29 is 67.5 Å². The molecule has 3 fully saturated rings. The number of piperidine rings is 2. The molecule has 3 heterocycles. The van der Waals surface area contributed by atoms with Gasteiger partial charge in [-0.2, -0.15) is 26.3 Å². The number of aryl methyl sites for hydroxylation is 2. The lowest BCUT2D eigenvalue weighted by atomic mass is 9.91. The van der Waals surface area contributed by atoms with Gasteiger partial charge in [-0.15, -0.1) is 12.4 Å². The largest absolute Gasteiger partial charge is 0.389 e. The van der Waals surface area contributed by atoms with Crippen LogP contribution in [0.3, 0.4) is 0 Å². The molecule has 3 N–H and O–H groups in total. The number of hydroxylamine groups is 2. The summed E-state index contributed by atoms with van der Waals surface area (Å²) in [6.45, 7) is 14.4. The van der Waals surface area contributed by atoms with Gasteiger partial charge in [-0.1, -0.05) is 72.8 Å². The highest BCUT2D eigenvalue weighted by Gasteiger charge is 2.55. The molecule has 13 nitrogen and oxygen atoms in total. The number of hydrogen-bond donors (Lipinski definition) is 3. The SMILES string of the molecule is CC(C)(C)N1CCC(C(=O)NO)(S(=O)(=O)c2ccc(-c3ccc(CCCC(F)(F)F)cc3)cc2)CC1.CC(C)(C)N1CCC(C(=O)NOC2CCCCO2)(S(=O)(=O)c2ccc(-c3ccc(CCCC(F)(F)F)cc3)cc2)CC1.Cl. The van der Waals surface area contributed by atoms with Gasteiger partial charge in [0.1, 0.15) is 0 Å². The van der Waals surface area contributed by atoms with E-state index in [2.05, 4.69) is 36.1 Å². The third kappa shape index (κ3) is 16.5. The van der Waals surface area contributed by atoms with Crippen LogP contribution in [0, 0.1) is 0 Å². The number of benzene rings is 4. The van der Waals surface area contributed by atoms with Crippen molar-refractivity contribution in [3.63, 3.8) is 0 Å². The quantitative estimate of drug-likeness (QED) is 0.0554. The van der Waals surface area contributed by atoms with E-state index < -0.39 is 72.5 Å². The second-order valence-electron chi connectivity index (χ2n) is 22.5. The molecule has 0 bridgehead atoms. The standard InChI is InChI=1S/C31H41F3N2O5S.C26H33F3N2O4S.ClH/c1-29(2,3)36-20-18-30(19-21-36,28(37)35-41-27-8-4-5-22-40-27)42(38,39)26-15-13-25(14-16-26)24-11-9-23(10-12-24)7-6-17-31(32,33)34;1-24(2,3)31-17-15-25(16-18-31,23(32)30-33)36(34,35)22-12-10-21(11-13-22)20-8-6-19(7-9-20)5-4-14-26(27,28)29;/h9-16,27H,4-8,17-22H2,1-3H3,(H,35,37);6-13,33H,4-5,14-18H2,1-3H3,(H,30,32);1H. The summed E-state index contributed by atoms with van der Waals surface area (Å²) in [5, 5.41) is 9.36. The van der Waals surface area contributed by atoms with Crippen LogP contribution in [-0.4, -0.2) is 116 Å². The van der Waals surface area contributed by atoms with Crippen LogP contribution in [0.5, 0.6) is 0 Å². The summed E-state index contributed by atoms with van der Waals surface area (Å²) in [6.07, 6.45) is -7.12. The number of halogens is 7. The Bertz CT molecular complexity index is 2840. The van der Waals surface area contributed by atoms with Crippen LogP contribution < -0.4 is 11.0 Å². The van der Waals surface area contributed by atoms with Crippen molar-refractivity contribution in [2.45, 2.75) is 174 Å². The molecule has 3 saturated heterocycles. The third-order valence-corrected chi connectivity index (χ3v) is 20.2. The van der Waals surface area contributed by atoms with Crippen LogP contribution in [0.25, 0.3) is 22.3 Å². The number of nitrogens with one attached hydrogen (secondary N) is 2. The molecular formula is C57H75ClF6N4O9S2. The first-order chi connectivity index (χ1) is 36.4. The van der Waals surface area contributed by atoms with Gasteiger partial charge in [-0.05, 0) is 163 Å². The number of carbonyl (C=O) groups is 2. The first-order valence-corrected chi connectivity index (χ1v) is 29.4. The number of hydrogen-bond acceptors (Lipinski definition) is 11. The molecule has 1 unspecified atom stereocenters. The van der Waals surface area contributed by atoms with Crippen LogP contribution in [0.15, 0.2) is 107 Å². The molecule has 22 heteroatoms. The number of amides is 2. The highest BCUT2D eigenvalue weighted by atomic mass is 35.5. The predicted octanol–water partition coefficient (Wildman–Crippen LogP) is 11.8. The summed E-state index contributed by atoms with van der Waals surface area (Å²) >= 11 is 0. The van der Waals surface area contributed by atoms with Crippen molar-refractivity contribution in [1.82, 2.24) is 20.8 Å². The molecule has 2 amide bonds. The Hall–Kier alpha value is -4.61. The van der Waals surface area contributed by atoms with E-state index in [0.29, 0.717) is 52.0 Å². The predicted molar refractivity (Wildman–Crippen MR) is 293 cm³/mol. The molecule has 4 aromatic rings. The number of sulfone groups is 2. The number of likely N-dealkylation sites (tertiary alicyclic amines) is 2. The van der Waals surface area contributed by atoms with E-state index in [-0.39, 0.29) is 71.8 Å². The van der Waals surface area contributed by atoms with Crippen LogP contribution in [0.1, 0.15) is 123 Å². The maximum atomic E-state index is 14.2. The van der Waals surface area contributed by atoms with Crippen LogP contribution in [-0.2, 0) is 51.7 Å². The van der Waals surface area contributed by atoms with Crippen LogP contribution in [0.2, 0.25) is 0 Å². The van der Waals surface area contributed by atoms with Crippen molar-refractivity contribution in [3.8, 4) is 22.3 Å². The smallest absolute Gasteiger partial charge is 0.350 e. The summed E-state index contributed by atoms with van der Waals surface area (Å²) in [5.74, 6) is -1.61. The van der Waals surface area contributed by atoms with Crippen molar-refractivity contribution in [1.29, 1.82) is 0 Å². The summed E-state index contributed by atoms with van der Waals surface area (Å²) in [6, 6.07) is 26.9. The van der Waals surface area contributed by atoms with E-state index in [1.54, 1.807) is 66.1 Å². The second kappa shape index (κ2) is 26.5. The molecular weight excluding hydrogens is 1100 g/mol. The Labute approximate surface area is 467 Å². The lowest BCUT2D eigenvalue weighted by Gasteiger charge is -2.45. The fraction of sp³-hybridized carbons (Fsp3) is 0.544. The lowest BCUT2D eigenvalue weighted by Crippen LogP contribution is -2.60. The van der Waals surface area contributed by atoms with Gasteiger partial charge in [-0.3, -0.25) is 24.6 Å². The van der Waals surface area contributed by atoms with E-state index in [9.17, 15) is 58.0 Å². The minimum absolute atomic E-state index is 0. The molecule has 438 valence electrons. The number of alkyl halides is 6. The van der Waals surface area contributed by atoms with Gasteiger partial charge in [-0.25, -0.2) is 32.6 Å². The maximum absolute atomic E-state index is 14.2. The Morgan fingerprint density at radius 2 is 0.924 bits per heavy atom. The van der Waals surface area contributed by atoms with Crippen molar-refractivity contribution in [2.24, 2.45) is 0 Å². The van der Waals surface area contributed by atoms with E-state index in [1.165, 1.54) is 24.3 Å². The van der Waals surface area contributed by atoms with Crippen LogP contribution in [0.4, 0.5) is 26.3 Å². The number of nitrogens with zero attached hydrogens (tertiary/aromatic N) is 2. The molecule has 4 aromatic carbocycles. The molecule has 0 saturated carbocycles. The van der Waals surface area contributed by atoms with Gasteiger partial charge in [0.2, 0.25) is 0 Å². The van der Waals surface area contributed by atoms with E-state index in [1.807, 2.05) is 32.9 Å². The van der Waals surface area contributed by atoms with Crippen LogP contribution >= 0.6 is 12.4 Å². The van der Waals surface area contributed by atoms with Gasteiger partial charge in [0, 0.05) is 63.1 Å². The van der Waals surface area contributed by atoms with Gasteiger partial charge < -0.3 is 4.74 Å². The average Bonchev–Trinajstić information content (AvgIpc) is 3.47. The molecule has 7 rings (SSSR count). The molecule has 3 aliphatic heterocycles. The lowest BCUT2D eigenvalue weighted by molar-refractivity contribution is -0.202. The fourth-order valence-corrected chi connectivity index (χ4v) is 14.2. The molecule has 3 aliphatic rings. The summed E-state index contributed by atoms with van der Waals surface area (Å²) in [4.78, 5) is 36.2. The third-order valence-electron chi connectivity index (χ3n) is 15.2. The molecule has 0 aliphatic carbocycles. The normalized spacial score (nSPS) is 18.6. The zero-order valence-corrected chi connectivity index (χ0v) is 48.1. The Morgan fingerprint density at radius 3 is 1.23 bits per heavy atom. The maximum Gasteiger partial charge on any atom is 0.389 e.